The largest absolute Gasteiger partial charge is 0.423 e. The highest BCUT2D eigenvalue weighted by molar-refractivity contribution is 6.09. The predicted molar refractivity (Wildman–Crippen MR) is 192 cm³/mol. The molecule has 6 rings (SSSR count). The van der Waals surface area contributed by atoms with Crippen LogP contribution in [-0.4, -0.2) is 29.7 Å². The van der Waals surface area contributed by atoms with E-state index in [-0.39, 0.29) is 39.7 Å². The first-order chi connectivity index (χ1) is 25.3. The van der Waals surface area contributed by atoms with Crippen LogP contribution in [0, 0.1) is 0 Å². The van der Waals surface area contributed by atoms with E-state index in [0.717, 1.165) is 0 Å². The van der Waals surface area contributed by atoms with E-state index in [1.807, 2.05) is 0 Å². The van der Waals surface area contributed by atoms with E-state index in [1.54, 1.807) is 127 Å². The van der Waals surface area contributed by atoms with Gasteiger partial charge in [0.05, 0.1) is 27.8 Å². The Kier molecular flexibility index (Phi) is 10.8. The molecule has 0 aliphatic heterocycles. The quantitative estimate of drug-likeness (QED) is 0.0571. The van der Waals surface area contributed by atoms with Gasteiger partial charge in [-0.15, -0.1) is 0 Å². The molecule has 0 atom stereocenters. The third-order valence-electron chi connectivity index (χ3n) is 7.47. The summed E-state index contributed by atoms with van der Waals surface area (Å²) < 4.78 is 22.4. The number of carbonyl (C=O) groups excluding carboxylic acids is 5. The fourth-order valence-corrected chi connectivity index (χ4v) is 4.85. The smallest absolute Gasteiger partial charge is 0.343 e. The van der Waals surface area contributed by atoms with Gasteiger partial charge in [0.1, 0.15) is 11.5 Å². The molecule has 0 aromatic heterocycles. The Bertz CT molecular complexity index is 2260. The third kappa shape index (κ3) is 8.79. The Morgan fingerprint density at radius 1 is 0.385 bits per heavy atom. The van der Waals surface area contributed by atoms with Gasteiger partial charge >= 0.3 is 23.9 Å². The van der Waals surface area contributed by atoms with E-state index in [1.165, 1.54) is 42.5 Å². The third-order valence-corrected chi connectivity index (χ3v) is 7.47. The Morgan fingerprint density at radius 2 is 0.808 bits per heavy atom. The lowest BCUT2D eigenvalue weighted by Gasteiger charge is -2.12. The van der Waals surface area contributed by atoms with Crippen molar-refractivity contribution in [2.24, 2.45) is 0 Å². The average Bonchev–Trinajstić information content (AvgIpc) is 3.19. The number of ketones is 1. The fraction of sp³-hybridized carbons (Fsp3) is 0. The molecule has 9 heteroatoms. The summed E-state index contributed by atoms with van der Waals surface area (Å²) in [7, 11) is 0. The standard InChI is InChI=1S/C43H28O9/c44-36(35-24-23-34(49-40(45)30-13-5-1-6-14-30)28-38(35)51-42(47)32-17-9-3-10-18-32)25-21-29-22-26-37(50-41(46)31-15-7-2-8-16-31)39(27-29)52-43(48)33-19-11-4-12-20-33/h1-28H/b25-21+. The summed E-state index contributed by atoms with van der Waals surface area (Å²) in [6.45, 7) is 0. The molecule has 6 aromatic rings. The van der Waals surface area contributed by atoms with E-state index in [4.69, 9.17) is 18.9 Å². The van der Waals surface area contributed by atoms with E-state index in [9.17, 15) is 24.0 Å². The van der Waals surface area contributed by atoms with Gasteiger partial charge in [-0.05, 0) is 84.4 Å². The van der Waals surface area contributed by atoms with E-state index in [2.05, 4.69) is 0 Å². The molecule has 52 heavy (non-hydrogen) atoms. The summed E-state index contributed by atoms with van der Waals surface area (Å²) in [6.07, 6.45) is 2.69. The molecule has 9 nitrogen and oxygen atoms in total. The molecule has 0 N–H and O–H groups in total. The van der Waals surface area contributed by atoms with Gasteiger partial charge < -0.3 is 18.9 Å². The Hall–Kier alpha value is -7.39. The van der Waals surface area contributed by atoms with Crippen molar-refractivity contribution in [1.82, 2.24) is 0 Å². The summed E-state index contributed by atoms with van der Waals surface area (Å²) in [5.74, 6) is -3.43. The predicted octanol–water partition coefficient (Wildman–Crippen LogP) is 8.46. The van der Waals surface area contributed by atoms with E-state index < -0.39 is 29.7 Å². The summed E-state index contributed by atoms with van der Waals surface area (Å²) in [4.78, 5) is 65.1. The molecule has 0 aliphatic carbocycles. The molecule has 0 unspecified atom stereocenters. The Balaban J connectivity index is 1.28. The molecule has 0 aliphatic rings. The minimum Gasteiger partial charge on any atom is -0.423 e. The second-order valence-electron chi connectivity index (χ2n) is 11.1. The molecule has 0 saturated heterocycles. The van der Waals surface area contributed by atoms with Crippen LogP contribution in [0.25, 0.3) is 6.08 Å². The maximum Gasteiger partial charge on any atom is 0.343 e. The SMILES string of the molecule is O=C(Oc1ccc(C(=O)/C=C/c2ccc(OC(=O)c3ccccc3)c(OC(=O)c3ccccc3)c2)c(OC(=O)c2ccccc2)c1)c1ccccc1. The van der Waals surface area contributed by atoms with Crippen LogP contribution in [0.4, 0.5) is 0 Å². The van der Waals surface area contributed by atoms with E-state index >= 15 is 0 Å². The van der Waals surface area contributed by atoms with Gasteiger partial charge in [-0.25, -0.2) is 19.2 Å². The van der Waals surface area contributed by atoms with Crippen LogP contribution in [0.15, 0.2) is 164 Å². The molecule has 6 aromatic carbocycles. The highest BCUT2D eigenvalue weighted by Crippen LogP contribution is 2.32. The van der Waals surface area contributed by atoms with Crippen LogP contribution in [0.2, 0.25) is 0 Å². The molecular formula is C43H28O9. The number of hydrogen-bond acceptors (Lipinski definition) is 9. The number of hydrogen-bond donors (Lipinski definition) is 0. The van der Waals surface area contributed by atoms with Crippen LogP contribution in [0.1, 0.15) is 57.4 Å². The molecular weight excluding hydrogens is 660 g/mol. The zero-order chi connectivity index (χ0) is 36.3. The second-order valence-corrected chi connectivity index (χ2v) is 11.1. The zero-order valence-electron chi connectivity index (χ0n) is 27.3. The van der Waals surface area contributed by atoms with Crippen molar-refractivity contribution >= 4 is 35.7 Å². The molecule has 0 amide bonds. The highest BCUT2D eigenvalue weighted by Gasteiger charge is 2.20. The number of ether oxygens (including phenoxy) is 4. The number of rotatable bonds is 11. The van der Waals surface area contributed by atoms with E-state index in [0.29, 0.717) is 16.7 Å². The van der Waals surface area contributed by atoms with Crippen molar-refractivity contribution in [2.45, 2.75) is 0 Å². The number of allylic oxidation sites excluding steroid dienone is 1. The molecule has 254 valence electrons. The fourth-order valence-electron chi connectivity index (χ4n) is 4.85. The van der Waals surface area contributed by atoms with Crippen LogP contribution in [-0.2, 0) is 0 Å². The lowest BCUT2D eigenvalue weighted by Crippen LogP contribution is -2.13. The van der Waals surface area contributed by atoms with Gasteiger partial charge in [0.25, 0.3) is 0 Å². The average molecular weight is 689 g/mol. The first kappa shape index (κ1) is 34.5. The maximum absolute atomic E-state index is 13.6. The van der Waals surface area contributed by atoms with Crippen molar-refractivity contribution in [1.29, 1.82) is 0 Å². The van der Waals surface area contributed by atoms with Gasteiger partial charge in [-0.2, -0.15) is 0 Å². The lowest BCUT2D eigenvalue weighted by molar-refractivity contribution is 0.0682. The summed E-state index contributed by atoms with van der Waals surface area (Å²) >= 11 is 0. The van der Waals surface area contributed by atoms with Crippen molar-refractivity contribution in [3.05, 3.63) is 197 Å². The first-order valence-electron chi connectivity index (χ1n) is 15.9. The molecule has 0 saturated carbocycles. The number of benzene rings is 6. The molecule has 0 fully saturated rings. The first-order valence-corrected chi connectivity index (χ1v) is 15.9. The van der Waals surface area contributed by atoms with Crippen LogP contribution < -0.4 is 18.9 Å². The minimum absolute atomic E-state index is 0.00387. The van der Waals surface area contributed by atoms with Gasteiger partial charge in [0.2, 0.25) is 0 Å². The zero-order valence-corrected chi connectivity index (χ0v) is 27.3. The lowest BCUT2D eigenvalue weighted by atomic mass is 10.1. The van der Waals surface area contributed by atoms with Crippen molar-refractivity contribution < 1.29 is 42.9 Å². The minimum atomic E-state index is -0.726. The van der Waals surface area contributed by atoms with Gasteiger partial charge in [-0.1, -0.05) is 84.9 Å². The second kappa shape index (κ2) is 16.3. The number of carbonyl (C=O) groups is 5. The van der Waals surface area contributed by atoms with Gasteiger partial charge in [0, 0.05) is 6.07 Å². The monoisotopic (exact) mass is 688 g/mol. The molecule has 0 heterocycles. The Labute approximate surface area is 298 Å². The number of esters is 4. The van der Waals surface area contributed by atoms with Crippen LogP contribution in [0.3, 0.4) is 0 Å². The molecule has 0 radical (unpaired) electrons. The Morgan fingerprint density at radius 3 is 1.29 bits per heavy atom. The van der Waals surface area contributed by atoms with Crippen molar-refractivity contribution in [3.63, 3.8) is 0 Å². The summed E-state index contributed by atoms with van der Waals surface area (Å²) in [5.41, 5.74) is 1.54. The summed E-state index contributed by atoms with van der Waals surface area (Å²) in [5, 5.41) is 0. The van der Waals surface area contributed by atoms with Gasteiger partial charge in [-0.3, -0.25) is 4.79 Å². The summed E-state index contributed by atoms with van der Waals surface area (Å²) in [6, 6.07) is 41.7. The van der Waals surface area contributed by atoms with Crippen LogP contribution >= 0.6 is 0 Å². The normalized spacial score (nSPS) is 10.6. The van der Waals surface area contributed by atoms with Crippen molar-refractivity contribution in [3.8, 4) is 23.0 Å². The topological polar surface area (TPSA) is 122 Å². The van der Waals surface area contributed by atoms with Gasteiger partial charge in [0.15, 0.2) is 17.3 Å². The molecule has 0 spiro atoms. The van der Waals surface area contributed by atoms with Crippen LogP contribution in [0.5, 0.6) is 23.0 Å². The molecule has 0 bridgehead atoms. The maximum atomic E-state index is 13.6. The van der Waals surface area contributed by atoms with Crippen molar-refractivity contribution in [2.75, 3.05) is 0 Å². The highest BCUT2D eigenvalue weighted by atomic mass is 16.6.